The largest absolute Gasteiger partial charge is 0.399 e. The van der Waals surface area contributed by atoms with Crippen molar-refractivity contribution in [2.45, 2.75) is 44.9 Å². The summed E-state index contributed by atoms with van der Waals surface area (Å²) in [5.41, 5.74) is 7.80. The van der Waals surface area contributed by atoms with E-state index in [4.69, 9.17) is 10.5 Å². The average Bonchev–Trinajstić information content (AvgIpc) is 2.65. The lowest BCUT2D eigenvalue weighted by Crippen LogP contribution is -2.10. The molecule has 1 aliphatic rings. The lowest BCUT2D eigenvalue weighted by Gasteiger charge is -2.14. The molecule has 0 radical (unpaired) electrons. The van der Waals surface area contributed by atoms with E-state index in [1.54, 1.807) is 0 Å². The third-order valence-corrected chi connectivity index (χ3v) is 3.84. The Morgan fingerprint density at radius 1 is 1.00 bits per heavy atom. The van der Waals surface area contributed by atoms with E-state index in [9.17, 15) is 0 Å². The Labute approximate surface area is 111 Å². The van der Waals surface area contributed by atoms with Gasteiger partial charge in [0.25, 0.3) is 0 Å². The highest BCUT2D eigenvalue weighted by molar-refractivity contribution is 5.39. The fraction of sp³-hybridized carbons (Fsp3) is 0.625. The van der Waals surface area contributed by atoms with E-state index in [1.807, 2.05) is 12.1 Å². The van der Waals surface area contributed by atoms with Gasteiger partial charge in [0.15, 0.2) is 0 Å². The molecular weight excluding hydrogens is 222 g/mol. The quantitative estimate of drug-likeness (QED) is 0.488. The van der Waals surface area contributed by atoms with Crippen molar-refractivity contribution in [2.75, 3.05) is 18.9 Å². The fourth-order valence-corrected chi connectivity index (χ4v) is 2.65. The third-order valence-electron chi connectivity index (χ3n) is 3.84. The van der Waals surface area contributed by atoms with Gasteiger partial charge < -0.3 is 10.5 Å². The molecule has 0 heterocycles. The SMILES string of the molecule is Nc1ccc(CCOCC2CCCCCC2)cc1. The zero-order chi connectivity index (χ0) is 12.6. The first-order chi connectivity index (χ1) is 8.84. The summed E-state index contributed by atoms with van der Waals surface area (Å²) in [6.07, 6.45) is 9.35. The standard InChI is InChI=1S/C16H25NO/c17-16-9-7-14(8-10-16)11-12-18-13-15-5-3-1-2-4-6-15/h7-10,15H,1-6,11-13,17H2. The van der Waals surface area contributed by atoms with Gasteiger partial charge in [-0.1, -0.05) is 37.8 Å². The van der Waals surface area contributed by atoms with E-state index >= 15 is 0 Å². The number of nitrogens with two attached hydrogens (primary N) is 1. The first kappa shape index (κ1) is 13.4. The van der Waals surface area contributed by atoms with E-state index in [0.717, 1.165) is 31.2 Å². The number of anilines is 1. The average molecular weight is 247 g/mol. The molecule has 2 N–H and O–H groups in total. The highest BCUT2D eigenvalue weighted by Crippen LogP contribution is 2.22. The molecule has 0 saturated heterocycles. The summed E-state index contributed by atoms with van der Waals surface area (Å²) in [6.45, 7) is 1.79. The zero-order valence-corrected chi connectivity index (χ0v) is 11.2. The van der Waals surface area contributed by atoms with Crippen LogP contribution in [0.15, 0.2) is 24.3 Å². The Morgan fingerprint density at radius 2 is 1.67 bits per heavy atom. The second kappa shape index (κ2) is 7.42. The molecule has 2 heteroatoms. The van der Waals surface area contributed by atoms with Crippen LogP contribution >= 0.6 is 0 Å². The maximum atomic E-state index is 5.83. The molecule has 0 unspecified atom stereocenters. The van der Waals surface area contributed by atoms with E-state index in [2.05, 4.69) is 12.1 Å². The van der Waals surface area contributed by atoms with Gasteiger partial charge in [-0.15, -0.1) is 0 Å². The highest BCUT2D eigenvalue weighted by Gasteiger charge is 2.11. The Balaban J connectivity index is 1.61. The lowest BCUT2D eigenvalue weighted by atomic mass is 10.0. The second-order valence-corrected chi connectivity index (χ2v) is 5.42. The summed E-state index contributed by atoms with van der Waals surface area (Å²) in [7, 11) is 0. The van der Waals surface area contributed by atoms with Gasteiger partial charge in [0.05, 0.1) is 6.61 Å². The molecule has 0 aliphatic heterocycles. The van der Waals surface area contributed by atoms with Gasteiger partial charge in [0.1, 0.15) is 0 Å². The Hall–Kier alpha value is -1.02. The normalized spacial score (nSPS) is 17.6. The van der Waals surface area contributed by atoms with Crippen LogP contribution in [0.1, 0.15) is 44.1 Å². The minimum absolute atomic E-state index is 0.805. The van der Waals surface area contributed by atoms with Crippen molar-refractivity contribution in [3.8, 4) is 0 Å². The topological polar surface area (TPSA) is 35.2 Å². The van der Waals surface area contributed by atoms with Crippen LogP contribution in [-0.2, 0) is 11.2 Å². The van der Waals surface area contributed by atoms with Crippen LogP contribution < -0.4 is 5.73 Å². The van der Waals surface area contributed by atoms with Crippen LogP contribution in [0.5, 0.6) is 0 Å². The molecule has 0 amide bonds. The number of hydrogen-bond acceptors (Lipinski definition) is 2. The molecular formula is C16H25NO. The van der Waals surface area contributed by atoms with Crippen molar-refractivity contribution in [3.63, 3.8) is 0 Å². The van der Waals surface area contributed by atoms with Gasteiger partial charge >= 0.3 is 0 Å². The number of hydrogen-bond donors (Lipinski definition) is 1. The van der Waals surface area contributed by atoms with E-state index in [0.29, 0.717) is 0 Å². The molecule has 0 spiro atoms. The number of nitrogen functional groups attached to an aromatic ring is 1. The maximum Gasteiger partial charge on any atom is 0.0506 e. The summed E-state index contributed by atoms with van der Waals surface area (Å²) in [4.78, 5) is 0. The first-order valence-corrected chi connectivity index (χ1v) is 7.27. The summed E-state index contributed by atoms with van der Waals surface area (Å²) < 4.78 is 5.83. The first-order valence-electron chi connectivity index (χ1n) is 7.27. The van der Waals surface area contributed by atoms with Crippen molar-refractivity contribution >= 4 is 5.69 Å². The smallest absolute Gasteiger partial charge is 0.0506 e. The predicted octanol–water partition coefficient (Wildman–Crippen LogP) is 3.80. The van der Waals surface area contributed by atoms with Crippen molar-refractivity contribution < 1.29 is 4.74 Å². The Kier molecular flexibility index (Phi) is 5.53. The maximum absolute atomic E-state index is 5.83. The van der Waals surface area contributed by atoms with Gasteiger partial charge in [-0.25, -0.2) is 0 Å². The second-order valence-electron chi connectivity index (χ2n) is 5.42. The number of ether oxygens (including phenoxy) is 1. The molecule has 1 saturated carbocycles. The Morgan fingerprint density at radius 3 is 2.33 bits per heavy atom. The predicted molar refractivity (Wildman–Crippen MR) is 76.6 cm³/mol. The molecule has 18 heavy (non-hydrogen) atoms. The van der Waals surface area contributed by atoms with Crippen LogP contribution in [-0.4, -0.2) is 13.2 Å². The summed E-state index contributed by atoms with van der Waals surface area (Å²) in [5, 5.41) is 0. The summed E-state index contributed by atoms with van der Waals surface area (Å²) >= 11 is 0. The third kappa shape index (κ3) is 4.69. The van der Waals surface area contributed by atoms with Crippen LogP contribution in [0.3, 0.4) is 0 Å². The van der Waals surface area contributed by atoms with Crippen molar-refractivity contribution in [1.29, 1.82) is 0 Å². The van der Waals surface area contributed by atoms with E-state index < -0.39 is 0 Å². The Bertz CT molecular complexity index is 325. The van der Waals surface area contributed by atoms with E-state index in [1.165, 1.54) is 44.1 Å². The van der Waals surface area contributed by atoms with Gasteiger partial charge in [-0.2, -0.15) is 0 Å². The molecule has 0 aromatic heterocycles. The van der Waals surface area contributed by atoms with Crippen molar-refractivity contribution in [1.82, 2.24) is 0 Å². The van der Waals surface area contributed by atoms with Gasteiger partial charge in [0, 0.05) is 12.3 Å². The molecule has 0 bridgehead atoms. The number of benzene rings is 1. The van der Waals surface area contributed by atoms with Gasteiger partial charge in [-0.3, -0.25) is 0 Å². The van der Waals surface area contributed by atoms with Crippen LogP contribution in [0.2, 0.25) is 0 Å². The highest BCUT2D eigenvalue weighted by atomic mass is 16.5. The molecule has 100 valence electrons. The van der Waals surface area contributed by atoms with E-state index in [-0.39, 0.29) is 0 Å². The molecule has 1 aromatic carbocycles. The molecule has 2 nitrogen and oxygen atoms in total. The molecule has 1 fully saturated rings. The van der Waals surface area contributed by atoms with Crippen LogP contribution in [0.4, 0.5) is 5.69 Å². The summed E-state index contributed by atoms with van der Waals surface area (Å²) in [6, 6.07) is 8.09. The minimum atomic E-state index is 0.805. The lowest BCUT2D eigenvalue weighted by molar-refractivity contribution is 0.0962. The minimum Gasteiger partial charge on any atom is -0.399 e. The van der Waals surface area contributed by atoms with Gasteiger partial charge in [-0.05, 0) is 42.9 Å². The monoisotopic (exact) mass is 247 g/mol. The molecule has 0 atom stereocenters. The molecule has 1 aromatic rings. The number of rotatable bonds is 5. The van der Waals surface area contributed by atoms with Gasteiger partial charge in [0.2, 0.25) is 0 Å². The van der Waals surface area contributed by atoms with Crippen LogP contribution in [0.25, 0.3) is 0 Å². The zero-order valence-electron chi connectivity index (χ0n) is 11.2. The summed E-state index contributed by atoms with van der Waals surface area (Å²) in [5.74, 6) is 0.805. The van der Waals surface area contributed by atoms with Crippen molar-refractivity contribution in [3.05, 3.63) is 29.8 Å². The van der Waals surface area contributed by atoms with Crippen molar-refractivity contribution in [2.24, 2.45) is 5.92 Å². The van der Waals surface area contributed by atoms with Crippen LogP contribution in [0, 0.1) is 5.92 Å². The fourth-order valence-electron chi connectivity index (χ4n) is 2.65. The molecule has 2 rings (SSSR count). The molecule has 1 aliphatic carbocycles.